The van der Waals surface area contributed by atoms with Gasteiger partial charge in [0.15, 0.2) is 0 Å². The summed E-state index contributed by atoms with van der Waals surface area (Å²) in [5.41, 5.74) is 3.01. The lowest BCUT2D eigenvalue weighted by molar-refractivity contribution is -0.119. The standard InChI is InChI=1S/C23H25N3O5/c1-16(27)24-14-21-15-26(23(29)31-21)19-8-7-17-9-11-25(12-10-18(17)13-19)22(28)30-20-5-3-2-4-6-20/h2-8,13,21H,9-12,14-15H2,1H3,(H,24,27)/t21-/m0/s1. The summed E-state index contributed by atoms with van der Waals surface area (Å²) < 4.78 is 10.8. The van der Waals surface area contributed by atoms with Gasteiger partial charge in [-0.15, -0.1) is 0 Å². The van der Waals surface area contributed by atoms with E-state index >= 15 is 0 Å². The van der Waals surface area contributed by atoms with Gasteiger partial charge >= 0.3 is 12.2 Å². The molecule has 162 valence electrons. The van der Waals surface area contributed by atoms with E-state index in [9.17, 15) is 14.4 Å². The van der Waals surface area contributed by atoms with Crippen LogP contribution in [0, 0.1) is 0 Å². The van der Waals surface area contributed by atoms with E-state index in [2.05, 4.69) is 5.32 Å². The zero-order valence-electron chi connectivity index (χ0n) is 17.4. The first kappa shape index (κ1) is 20.7. The Morgan fingerprint density at radius 1 is 1.10 bits per heavy atom. The number of carbonyl (C=O) groups is 3. The van der Waals surface area contributed by atoms with Crippen LogP contribution in [0.25, 0.3) is 0 Å². The molecule has 2 aromatic carbocycles. The van der Waals surface area contributed by atoms with Crippen molar-refractivity contribution < 1.29 is 23.9 Å². The van der Waals surface area contributed by atoms with Gasteiger partial charge in [-0.25, -0.2) is 9.59 Å². The minimum absolute atomic E-state index is 0.158. The largest absolute Gasteiger partial charge is 0.442 e. The molecule has 1 fully saturated rings. The Balaban J connectivity index is 1.40. The summed E-state index contributed by atoms with van der Waals surface area (Å²) in [7, 11) is 0. The number of nitrogens with one attached hydrogen (secondary N) is 1. The molecule has 0 aliphatic carbocycles. The number of rotatable bonds is 4. The van der Waals surface area contributed by atoms with Crippen LogP contribution in [0.5, 0.6) is 5.75 Å². The number of nitrogens with zero attached hydrogens (tertiary/aromatic N) is 2. The van der Waals surface area contributed by atoms with E-state index in [1.165, 1.54) is 6.92 Å². The number of carbonyl (C=O) groups excluding carboxylic acids is 3. The lowest BCUT2D eigenvalue weighted by atomic mass is 10.0. The smallest absolute Gasteiger partial charge is 0.415 e. The molecule has 31 heavy (non-hydrogen) atoms. The fraction of sp³-hybridized carbons (Fsp3) is 0.348. The van der Waals surface area contributed by atoms with Crippen molar-refractivity contribution >= 4 is 23.8 Å². The quantitative estimate of drug-likeness (QED) is 0.817. The van der Waals surface area contributed by atoms with Crippen molar-refractivity contribution in [1.29, 1.82) is 0 Å². The van der Waals surface area contributed by atoms with Crippen LogP contribution in [0.15, 0.2) is 48.5 Å². The van der Waals surface area contributed by atoms with Gasteiger partial charge in [0.2, 0.25) is 5.91 Å². The molecule has 4 rings (SSSR count). The van der Waals surface area contributed by atoms with Crippen molar-refractivity contribution in [3.8, 4) is 5.75 Å². The van der Waals surface area contributed by atoms with Crippen molar-refractivity contribution in [3.05, 3.63) is 59.7 Å². The predicted molar refractivity (Wildman–Crippen MR) is 114 cm³/mol. The number of hydrogen-bond donors (Lipinski definition) is 1. The van der Waals surface area contributed by atoms with Crippen molar-refractivity contribution in [2.24, 2.45) is 0 Å². The SMILES string of the molecule is CC(=O)NC[C@H]1CN(c2ccc3c(c2)CCN(C(=O)Oc2ccccc2)CC3)C(=O)O1. The minimum atomic E-state index is -0.419. The summed E-state index contributed by atoms with van der Waals surface area (Å²) >= 11 is 0. The summed E-state index contributed by atoms with van der Waals surface area (Å²) in [5.74, 6) is 0.368. The monoisotopic (exact) mass is 423 g/mol. The van der Waals surface area contributed by atoms with Crippen LogP contribution in [0.3, 0.4) is 0 Å². The number of cyclic esters (lactones) is 1. The molecule has 1 N–H and O–H groups in total. The summed E-state index contributed by atoms with van der Waals surface area (Å²) in [6.45, 7) is 3.22. The highest BCUT2D eigenvalue weighted by molar-refractivity contribution is 5.90. The second-order valence-corrected chi connectivity index (χ2v) is 7.67. The second kappa shape index (κ2) is 9.07. The molecule has 3 amide bonds. The summed E-state index contributed by atoms with van der Waals surface area (Å²) in [6.07, 6.45) is 0.235. The lowest BCUT2D eigenvalue weighted by Crippen LogP contribution is -2.35. The first-order valence-electron chi connectivity index (χ1n) is 10.4. The Bertz CT molecular complexity index is 978. The second-order valence-electron chi connectivity index (χ2n) is 7.67. The van der Waals surface area contributed by atoms with Gasteiger partial charge in [-0.2, -0.15) is 0 Å². The van der Waals surface area contributed by atoms with E-state index in [1.54, 1.807) is 21.9 Å². The van der Waals surface area contributed by atoms with Gasteiger partial charge in [-0.3, -0.25) is 9.69 Å². The lowest BCUT2D eigenvalue weighted by Gasteiger charge is -2.19. The van der Waals surface area contributed by atoms with Crippen LogP contribution < -0.4 is 15.0 Å². The molecule has 0 spiro atoms. The van der Waals surface area contributed by atoms with E-state index in [0.717, 1.165) is 23.2 Å². The van der Waals surface area contributed by atoms with Gasteiger partial charge in [0.05, 0.1) is 13.1 Å². The zero-order valence-corrected chi connectivity index (χ0v) is 17.4. The molecular formula is C23H25N3O5. The van der Waals surface area contributed by atoms with E-state index in [-0.39, 0.29) is 18.1 Å². The average Bonchev–Trinajstić information content (AvgIpc) is 3.00. The molecule has 8 nitrogen and oxygen atoms in total. The number of hydrogen-bond acceptors (Lipinski definition) is 5. The maximum absolute atomic E-state index is 12.5. The Morgan fingerprint density at radius 3 is 2.58 bits per heavy atom. The summed E-state index contributed by atoms with van der Waals surface area (Å²) in [6, 6.07) is 14.9. The number of anilines is 1. The topological polar surface area (TPSA) is 88.2 Å². The minimum Gasteiger partial charge on any atom is -0.442 e. The molecule has 8 heteroatoms. The molecule has 2 aromatic rings. The zero-order chi connectivity index (χ0) is 21.8. The van der Waals surface area contributed by atoms with Gasteiger partial charge < -0.3 is 19.7 Å². The Labute approximate surface area is 180 Å². The Hall–Kier alpha value is -3.55. The number of benzene rings is 2. The van der Waals surface area contributed by atoms with Crippen LogP contribution in [0.1, 0.15) is 18.1 Å². The highest BCUT2D eigenvalue weighted by Crippen LogP contribution is 2.27. The van der Waals surface area contributed by atoms with Gasteiger partial charge in [-0.1, -0.05) is 24.3 Å². The first-order chi connectivity index (χ1) is 15.0. The fourth-order valence-electron chi connectivity index (χ4n) is 3.81. The van der Waals surface area contributed by atoms with E-state index in [0.29, 0.717) is 38.3 Å². The Morgan fingerprint density at radius 2 is 1.84 bits per heavy atom. The van der Waals surface area contributed by atoms with E-state index in [4.69, 9.17) is 9.47 Å². The average molecular weight is 423 g/mol. The number of ether oxygens (including phenoxy) is 2. The number of fused-ring (bicyclic) bond motifs is 1. The normalized spacial score (nSPS) is 18.1. The molecule has 2 heterocycles. The highest BCUT2D eigenvalue weighted by Gasteiger charge is 2.33. The highest BCUT2D eigenvalue weighted by atomic mass is 16.6. The molecule has 0 saturated carbocycles. The summed E-state index contributed by atoms with van der Waals surface area (Å²) in [5, 5.41) is 2.68. The third-order valence-electron chi connectivity index (χ3n) is 5.46. The fourth-order valence-corrected chi connectivity index (χ4v) is 3.81. The van der Waals surface area contributed by atoms with Crippen LogP contribution in [-0.2, 0) is 22.4 Å². The molecule has 1 saturated heterocycles. The molecule has 1 atom stereocenters. The van der Waals surface area contributed by atoms with E-state index in [1.807, 2.05) is 36.4 Å². The van der Waals surface area contributed by atoms with Crippen LogP contribution in [0.2, 0.25) is 0 Å². The molecule has 2 aliphatic rings. The maximum Gasteiger partial charge on any atom is 0.415 e. The van der Waals surface area contributed by atoms with Crippen LogP contribution in [-0.4, -0.2) is 55.3 Å². The van der Waals surface area contributed by atoms with Crippen molar-refractivity contribution in [3.63, 3.8) is 0 Å². The molecule has 0 bridgehead atoms. The van der Waals surface area contributed by atoms with Gasteiger partial charge in [0.1, 0.15) is 11.9 Å². The van der Waals surface area contributed by atoms with Gasteiger partial charge in [-0.05, 0) is 48.2 Å². The van der Waals surface area contributed by atoms with Gasteiger partial charge in [0, 0.05) is 25.7 Å². The van der Waals surface area contributed by atoms with E-state index < -0.39 is 6.09 Å². The van der Waals surface area contributed by atoms with Crippen molar-refractivity contribution in [2.75, 3.05) is 31.1 Å². The molecule has 0 unspecified atom stereocenters. The Kier molecular flexibility index (Phi) is 6.06. The number of para-hydroxylation sites is 1. The third kappa shape index (κ3) is 4.96. The third-order valence-corrected chi connectivity index (χ3v) is 5.46. The molecule has 2 aliphatic heterocycles. The molecular weight excluding hydrogens is 398 g/mol. The van der Waals surface area contributed by atoms with Crippen molar-refractivity contribution in [2.45, 2.75) is 25.9 Å². The molecule has 0 aromatic heterocycles. The van der Waals surface area contributed by atoms with Crippen molar-refractivity contribution in [1.82, 2.24) is 10.2 Å². The summed E-state index contributed by atoms with van der Waals surface area (Å²) in [4.78, 5) is 39.2. The molecule has 0 radical (unpaired) electrons. The van der Waals surface area contributed by atoms with Crippen LogP contribution in [0.4, 0.5) is 15.3 Å². The maximum atomic E-state index is 12.5. The predicted octanol–water partition coefficient (Wildman–Crippen LogP) is 2.75. The van der Waals surface area contributed by atoms with Crippen LogP contribution >= 0.6 is 0 Å². The number of amides is 3. The van der Waals surface area contributed by atoms with Gasteiger partial charge in [0.25, 0.3) is 0 Å². The first-order valence-corrected chi connectivity index (χ1v) is 10.4.